The van der Waals surface area contributed by atoms with Gasteiger partial charge in [-0.05, 0) is 6.42 Å². The Bertz CT molecular complexity index is 269. The van der Waals surface area contributed by atoms with Crippen LogP contribution in [0.1, 0.15) is 77.6 Å². The van der Waals surface area contributed by atoms with E-state index >= 15 is 0 Å². The van der Waals surface area contributed by atoms with Gasteiger partial charge in [-0.15, -0.1) is 0 Å². The number of carbonyl (C=O) groups excluding carboxylic acids is 1. The Kier molecular flexibility index (Phi) is 18.2. The van der Waals surface area contributed by atoms with Gasteiger partial charge in [0, 0.05) is 39.1 Å². The SMILES string of the molecule is CCCCCCCCCCCCNC(=O)CCN(CCN)CCO. The molecule has 0 rings (SSSR count). The summed E-state index contributed by atoms with van der Waals surface area (Å²) in [6.07, 6.45) is 13.6. The summed E-state index contributed by atoms with van der Waals surface area (Å²) in [5.41, 5.74) is 5.52. The molecule has 0 aromatic rings. The third kappa shape index (κ3) is 16.2. The third-order valence-electron chi connectivity index (χ3n) is 4.37. The minimum Gasteiger partial charge on any atom is -0.395 e. The van der Waals surface area contributed by atoms with Gasteiger partial charge in [-0.3, -0.25) is 9.69 Å². The number of rotatable bonds is 18. The maximum absolute atomic E-state index is 11.8. The quantitative estimate of drug-likeness (QED) is 0.334. The molecule has 5 nitrogen and oxygen atoms in total. The molecule has 144 valence electrons. The molecule has 0 aromatic carbocycles. The number of hydrogen-bond acceptors (Lipinski definition) is 4. The molecule has 0 bridgehead atoms. The summed E-state index contributed by atoms with van der Waals surface area (Å²) in [7, 11) is 0. The molecule has 0 atom stereocenters. The summed E-state index contributed by atoms with van der Waals surface area (Å²) < 4.78 is 0. The summed E-state index contributed by atoms with van der Waals surface area (Å²) in [6, 6.07) is 0. The number of hydrogen-bond donors (Lipinski definition) is 3. The van der Waals surface area contributed by atoms with E-state index in [0.717, 1.165) is 19.5 Å². The lowest BCUT2D eigenvalue weighted by Crippen LogP contribution is -2.36. The van der Waals surface area contributed by atoms with Crippen molar-refractivity contribution in [3.05, 3.63) is 0 Å². The van der Waals surface area contributed by atoms with E-state index in [1.165, 1.54) is 57.8 Å². The molecule has 0 unspecified atom stereocenters. The molecule has 0 aliphatic rings. The van der Waals surface area contributed by atoms with E-state index < -0.39 is 0 Å². The minimum absolute atomic E-state index is 0.103. The molecule has 0 radical (unpaired) electrons. The van der Waals surface area contributed by atoms with Crippen LogP contribution in [0.25, 0.3) is 0 Å². The van der Waals surface area contributed by atoms with Gasteiger partial charge in [0.15, 0.2) is 0 Å². The highest BCUT2D eigenvalue weighted by Crippen LogP contribution is 2.10. The number of nitrogens with one attached hydrogen (secondary N) is 1. The van der Waals surface area contributed by atoms with Gasteiger partial charge in [0.1, 0.15) is 0 Å². The van der Waals surface area contributed by atoms with Crippen LogP contribution < -0.4 is 11.1 Å². The van der Waals surface area contributed by atoms with Crippen molar-refractivity contribution in [3.63, 3.8) is 0 Å². The Morgan fingerprint density at radius 2 is 1.50 bits per heavy atom. The van der Waals surface area contributed by atoms with Crippen molar-refractivity contribution in [1.29, 1.82) is 0 Å². The van der Waals surface area contributed by atoms with Crippen molar-refractivity contribution in [2.75, 3.05) is 39.3 Å². The van der Waals surface area contributed by atoms with Gasteiger partial charge in [0.2, 0.25) is 5.91 Å². The van der Waals surface area contributed by atoms with Gasteiger partial charge in [0.05, 0.1) is 6.61 Å². The number of nitrogens with two attached hydrogens (primary N) is 1. The van der Waals surface area contributed by atoms with Crippen LogP contribution in [0, 0.1) is 0 Å². The van der Waals surface area contributed by atoms with E-state index in [0.29, 0.717) is 26.1 Å². The monoisotopic (exact) mass is 343 g/mol. The van der Waals surface area contributed by atoms with Gasteiger partial charge in [-0.1, -0.05) is 64.7 Å². The molecule has 0 saturated carbocycles. The molecule has 4 N–H and O–H groups in total. The van der Waals surface area contributed by atoms with Crippen molar-refractivity contribution in [3.8, 4) is 0 Å². The molecule has 5 heteroatoms. The summed E-state index contributed by atoms with van der Waals surface area (Å²) in [6.45, 7) is 5.69. The normalized spacial score (nSPS) is 11.2. The number of carbonyl (C=O) groups is 1. The zero-order chi connectivity index (χ0) is 17.9. The lowest BCUT2D eigenvalue weighted by atomic mass is 10.1. The predicted octanol–water partition coefficient (Wildman–Crippen LogP) is 2.67. The van der Waals surface area contributed by atoms with Crippen LogP contribution in [0.3, 0.4) is 0 Å². The fourth-order valence-corrected chi connectivity index (χ4v) is 2.85. The first kappa shape index (κ1) is 23.4. The average Bonchev–Trinajstić information content (AvgIpc) is 2.58. The van der Waals surface area contributed by atoms with Gasteiger partial charge in [-0.2, -0.15) is 0 Å². The largest absolute Gasteiger partial charge is 0.395 e. The van der Waals surface area contributed by atoms with Gasteiger partial charge < -0.3 is 16.2 Å². The van der Waals surface area contributed by atoms with Gasteiger partial charge in [0.25, 0.3) is 0 Å². The van der Waals surface area contributed by atoms with Crippen molar-refractivity contribution in [1.82, 2.24) is 10.2 Å². The van der Waals surface area contributed by atoms with Crippen LogP contribution in [-0.2, 0) is 4.79 Å². The lowest BCUT2D eigenvalue weighted by molar-refractivity contribution is -0.121. The minimum atomic E-state index is 0.103. The number of aliphatic hydroxyl groups excluding tert-OH is 1. The first-order valence-electron chi connectivity index (χ1n) is 10.0. The van der Waals surface area contributed by atoms with Crippen LogP contribution >= 0.6 is 0 Å². The Balaban J connectivity index is 3.36. The molecule has 0 aliphatic carbocycles. The fourth-order valence-electron chi connectivity index (χ4n) is 2.85. The molecule has 24 heavy (non-hydrogen) atoms. The van der Waals surface area contributed by atoms with Crippen LogP contribution in [0.4, 0.5) is 0 Å². The average molecular weight is 344 g/mol. The van der Waals surface area contributed by atoms with E-state index in [1.807, 2.05) is 4.90 Å². The maximum Gasteiger partial charge on any atom is 0.221 e. The highest BCUT2D eigenvalue weighted by Gasteiger charge is 2.06. The predicted molar refractivity (Wildman–Crippen MR) is 102 cm³/mol. The molecular weight excluding hydrogens is 302 g/mol. The standard InChI is InChI=1S/C19H41N3O2/c1-2-3-4-5-6-7-8-9-10-11-14-21-19(24)12-15-22(16-13-20)17-18-23/h23H,2-18,20H2,1H3,(H,21,24). The maximum atomic E-state index is 11.8. The molecule has 0 saturated heterocycles. The van der Waals surface area contributed by atoms with E-state index in [2.05, 4.69) is 12.2 Å². The highest BCUT2D eigenvalue weighted by molar-refractivity contribution is 5.75. The van der Waals surface area contributed by atoms with Crippen LogP contribution in [0.2, 0.25) is 0 Å². The molecule has 0 aliphatic heterocycles. The molecule has 0 spiro atoms. The van der Waals surface area contributed by atoms with Crippen molar-refractivity contribution in [2.24, 2.45) is 5.73 Å². The molecule has 0 heterocycles. The summed E-state index contributed by atoms with van der Waals surface area (Å²) in [4.78, 5) is 13.8. The van der Waals surface area contributed by atoms with E-state index in [9.17, 15) is 4.79 Å². The first-order chi connectivity index (χ1) is 11.7. The number of unbranched alkanes of at least 4 members (excludes halogenated alkanes) is 9. The molecular formula is C19H41N3O2. The van der Waals surface area contributed by atoms with Crippen LogP contribution in [0.15, 0.2) is 0 Å². The van der Waals surface area contributed by atoms with E-state index in [-0.39, 0.29) is 12.5 Å². The van der Waals surface area contributed by atoms with Gasteiger partial charge in [-0.25, -0.2) is 0 Å². The second kappa shape index (κ2) is 18.7. The Morgan fingerprint density at radius 1 is 0.917 bits per heavy atom. The summed E-state index contributed by atoms with van der Waals surface area (Å²) >= 11 is 0. The Morgan fingerprint density at radius 3 is 2.04 bits per heavy atom. The van der Waals surface area contributed by atoms with E-state index in [4.69, 9.17) is 10.8 Å². The van der Waals surface area contributed by atoms with Crippen LogP contribution in [0.5, 0.6) is 0 Å². The second-order valence-corrected chi connectivity index (χ2v) is 6.64. The van der Waals surface area contributed by atoms with Crippen molar-refractivity contribution < 1.29 is 9.90 Å². The van der Waals surface area contributed by atoms with E-state index in [1.54, 1.807) is 0 Å². The third-order valence-corrected chi connectivity index (χ3v) is 4.37. The molecule has 1 amide bonds. The smallest absolute Gasteiger partial charge is 0.221 e. The zero-order valence-corrected chi connectivity index (χ0v) is 15.9. The van der Waals surface area contributed by atoms with Crippen molar-refractivity contribution in [2.45, 2.75) is 77.6 Å². The Hall–Kier alpha value is -0.650. The highest BCUT2D eigenvalue weighted by atomic mass is 16.3. The summed E-state index contributed by atoms with van der Waals surface area (Å²) in [5.74, 6) is 0.103. The molecule has 0 aromatic heterocycles. The number of amides is 1. The van der Waals surface area contributed by atoms with Gasteiger partial charge >= 0.3 is 0 Å². The summed E-state index contributed by atoms with van der Waals surface area (Å²) in [5, 5.41) is 11.9. The fraction of sp³-hybridized carbons (Fsp3) is 0.947. The number of nitrogens with zero attached hydrogens (tertiary/aromatic N) is 1. The van der Waals surface area contributed by atoms with Crippen molar-refractivity contribution >= 4 is 5.91 Å². The molecule has 0 fully saturated rings. The number of aliphatic hydroxyl groups is 1. The lowest BCUT2D eigenvalue weighted by Gasteiger charge is -2.19. The Labute approximate surface area is 149 Å². The first-order valence-corrected chi connectivity index (χ1v) is 10.0. The zero-order valence-electron chi connectivity index (χ0n) is 15.9. The second-order valence-electron chi connectivity index (χ2n) is 6.64. The topological polar surface area (TPSA) is 78.6 Å². The van der Waals surface area contributed by atoms with Crippen LogP contribution in [-0.4, -0.2) is 55.2 Å².